The quantitative estimate of drug-likeness (QED) is 0.791. The molecule has 1 atom stereocenters. The van der Waals surface area contributed by atoms with E-state index in [0.717, 1.165) is 18.6 Å². The average Bonchev–Trinajstić information content (AvgIpc) is 2.83. The van der Waals surface area contributed by atoms with Gasteiger partial charge in [0.2, 0.25) is 5.91 Å². The maximum absolute atomic E-state index is 12.5. The van der Waals surface area contributed by atoms with Gasteiger partial charge in [-0.2, -0.15) is 11.8 Å². The Morgan fingerprint density at radius 1 is 1.30 bits per heavy atom. The monoisotopic (exact) mass is 320 g/mol. The van der Waals surface area contributed by atoms with E-state index in [-0.39, 0.29) is 10.7 Å². The molecular formula is C13H24N2O3S2. The number of hydrogen-bond acceptors (Lipinski definition) is 5. The van der Waals surface area contributed by atoms with Gasteiger partial charge in [0, 0.05) is 17.5 Å². The first kappa shape index (κ1) is 16.1. The number of sulfone groups is 1. The second-order valence-corrected chi connectivity index (χ2v) is 10.1. The smallest absolute Gasteiger partial charge is 0.241 e. The van der Waals surface area contributed by atoms with Crippen molar-refractivity contribution in [2.45, 2.75) is 42.1 Å². The average molecular weight is 320 g/mol. The summed E-state index contributed by atoms with van der Waals surface area (Å²) in [6, 6.07) is 0. The van der Waals surface area contributed by atoms with Crippen LogP contribution in [0.3, 0.4) is 0 Å². The van der Waals surface area contributed by atoms with Crippen LogP contribution in [0.2, 0.25) is 0 Å². The van der Waals surface area contributed by atoms with Crippen molar-refractivity contribution >= 4 is 27.5 Å². The number of carbonyl (C=O) groups excluding carboxylic acids is 1. The highest BCUT2D eigenvalue weighted by Gasteiger charge is 2.49. The summed E-state index contributed by atoms with van der Waals surface area (Å²) in [5.41, 5.74) is 0. The van der Waals surface area contributed by atoms with Crippen LogP contribution in [-0.4, -0.2) is 55.5 Å². The van der Waals surface area contributed by atoms with Crippen LogP contribution in [0.1, 0.15) is 32.6 Å². The second-order valence-electron chi connectivity index (χ2n) is 6.10. The molecule has 116 valence electrons. The molecule has 2 aliphatic rings. The van der Waals surface area contributed by atoms with Gasteiger partial charge in [-0.25, -0.2) is 8.42 Å². The molecule has 2 rings (SSSR count). The van der Waals surface area contributed by atoms with Crippen molar-refractivity contribution in [2.24, 2.45) is 0 Å². The summed E-state index contributed by atoms with van der Waals surface area (Å²) in [5, 5.41) is 6.04. The standard InChI is InChI=1S/C13H24N2O3S2/c1-12(4-3-9-19-12)10-15-11(16)13(20(2,17)18)5-7-14-8-6-13/h14H,3-10H2,1-2H3,(H,15,16). The molecule has 0 aromatic rings. The van der Waals surface area contributed by atoms with Gasteiger partial charge < -0.3 is 10.6 Å². The predicted molar refractivity (Wildman–Crippen MR) is 82.8 cm³/mol. The van der Waals surface area contributed by atoms with Crippen molar-refractivity contribution in [3.05, 3.63) is 0 Å². The van der Waals surface area contributed by atoms with E-state index in [9.17, 15) is 13.2 Å². The van der Waals surface area contributed by atoms with Gasteiger partial charge in [0.05, 0.1) is 0 Å². The van der Waals surface area contributed by atoms with E-state index in [1.807, 2.05) is 11.8 Å². The van der Waals surface area contributed by atoms with E-state index in [0.29, 0.717) is 32.5 Å². The zero-order valence-electron chi connectivity index (χ0n) is 12.2. The highest BCUT2D eigenvalue weighted by Crippen LogP contribution is 2.37. The molecule has 1 unspecified atom stereocenters. The first-order chi connectivity index (χ1) is 9.29. The van der Waals surface area contributed by atoms with Gasteiger partial charge in [-0.15, -0.1) is 0 Å². The Labute approximate surface area is 125 Å². The Balaban J connectivity index is 2.08. The number of rotatable bonds is 4. The first-order valence-electron chi connectivity index (χ1n) is 7.12. The molecule has 2 N–H and O–H groups in total. The Bertz CT molecular complexity index is 464. The van der Waals surface area contributed by atoms with E-state index in [1.165, 1.54) is 6.26 Å². The van der Waals surface area contributed by atoms with Crippen LogP contribution in [0, 0.1) is 0 Å². The maximum Gasteiger partial charge on any atom is 0.241 e. The van der Waals surface area contributed by atoms with Crippen LogP contribution in [-0.2, 0) is 14.6 Å². The Hall–Kier alpha value is -0.270. The molecular weight excluding hydrogens is 296 g/mol. The van der Waals surface area contributed by atoms with Crippen molar-refractivity contribution in [3.8, 4) is 0 Å². The zero-order chi connectivity index (χ0) is 14.9. The lowest BCUT2D eigenvalue weighted by molar-refractivity contribution is -0.124. The highest BCUT2D eigenvalue weighted by molar-refractivity contribution is 8.00. The minimum atomic E-state index is -3.41. The molecule has 20 heavy (non-hydrogen) atoms. The van der Waals surface area contributed by atoms with Crippen molar-refractivity contribution in [1.82, 2.24) is 10.6 Å². The first-order valence-corrected chi connectivity index (χ1v) is 9.99. The summed E-state index contributed by atoms with van der Waals surface area (Å²) in [6.07, 6.45) is 4.15. The molecule has 2 aliphatic heterocycles. The van der Waals surface area contributed by atoms with Gasteiger partial charge >= 0.3 is 0 Å². The molecule has 2 saturated heterocycles. The summed E-state index contributed by atoms with van der Waals surface area (Å²) in [5.74, 6) is 0.809. The number of thioether (sulfide) groups is 1. The molecule has 7 heteroatoms. The van der Waals surface area contributed by atoms with E-state index in [1.54, 1.807) is 0 Å². The second kappa shape index (κ2) is 5.85. The molecule has 0 radical (unpaired) electrons. The molecule has 0 bridgehead atoms. The molecule has 0 aromatic heterocycles. The van der Waals surface area contributed by atoms with Gasteiger partial charge in [0.25, 0.3) is 0 Å². The fraction of sp³-hybridized carbons (Fsp3) is 0.923. The van der Waals surface area contributed by atoms with Gasteiger partial charge in [-0.1, -0.05) is 0 Å². The summed E-state index contributed by atoms with van der Waals surface area (Å²) in [4.78, 5) is 12.5. The van der Waals surface area contributed by atoms with E-state index in [2.05, 4.69) is 17.6 Å². The Morgan fingerprint density at radius 3 is 2.45 bits per heavy atom. The minimum Gasteiger partial charge on any atom is -0.353 e. The highest BCUT2D eigenvalue weighted by atomic mass is 32.2. The van der Waals surface area contributed by atoms with Crippen LogP contribution in [0.4, 0.5) is 0 Å². The maximum atomic E-state index is 12.5. The normalized spacial score (nSPS) is 30.1. The lowest BCUT2D eigenvalue weighted by Crippen LogP contribution is -2.58. The van der Waals surface area contributed by atoms with Crippen LogP contribution in [0.15, 0.2) is 0 Å². The number of amides is 1. The molecule has 5 nitrogen and oxygen atoms in total. The number of piperidine rings is 1. The van der Waals surface area contributed by atoms with E-state index < -0.39 is 14.6 Å². The third-order valence-corrected chi connectivity index (χ3v) is 8.01. The molecule has 0 saturated carbocycles. The van der Waals surface area contributed by atoms with Crippen LogP contribution in [0.25, 0.3) is 0 Å². The Morgan fingerprint density at radius 2 is 1.95 bits per heavy atom. The van der Waals surface area contributed by atoms with Crippen molar-refractivity contribution < 1.29 is 13.2 Å². The van der Waals surface area contributed by atoms with Crippen molar-refractivity contribution in [3.63, 3.8) is 0 Å². The third-order valence-electron chi connectivity index (χ3n) is 4.46. The molecule has 2 fully saturated rings. The zero-order valence-corrected chi connectivity index (χ0v) is 13.8. The van der Waals surface area contributed by atoms with Crippen LogP contribution >= 0.6 is 11.8 Å². The fourth-order valence-corrected chi connectivity index (χ4v) is 5.60. The van der Waals surface area contributed by atoms with E-state index >= 15 is 0 Å². The Kier molecular flexibility index (Phi) is 4.71. The van der Waals surface area contributed by atoms with Crippen LogP contribution in [0.5, 0.6) is 0 Å². The van der Waals surface area contributed by atoms with E-state index in [4.69, 9.17) is 0 Å². The molecule has 0 spiro atoms. The summed E-state index contributed by atoms with van der Waals surface area (Å²) < 4.78 is 23.1. The molecule has 2 heterocycles. The van der Waals surface area contributed by atoms with Gasteiger partial charge in [-0.3, -0.25) is 4.79 Å². The summed E-state index contributed by atoms with van der Waals surface area (Å²) in [6.45, 7) is 3.85. The summed E-state index contributed by atoms with van der Waals surface area (Å²) >= 11 is 1.86. The van der Waals surface area contributed by atoms with Crippen molar-refractivity contribution in [2.75, 3.05) is 31.6 Å². The lowest BCUT2D eigenvalue weighted by Gasteiger charge is -2.35. The number of nitrogens with one attached hydrogen (secondary N) is 2. The molecule has 0 aliphatic carbocycles. The predicted octanol–water partition coefficient (Wildman–Crippen LogP) is 0.555. The van der Waals surface area contributed by atoms with Gasteiger partial charge in [-0.05, 0) is 51.4 Å². The molecule has 0 aromatic carbocycles. The van der Waals surface area contributed by atoms with Crippen LogP contribution < -0.4 is 10.6 Å². The number of hydrogen-bond donors (Lipinski definition) is 2. The van der Waals surface area contributed by atoms with Gasteiger partial charge in [0.1, 0.15) is 0 Å². The summed E-state index contributed by atoms with van der Waals surface area (Å²) in [7, 11) is -3.41. The van der Waals surface area contributed by atoms with Crippen molar-refractivity contribution in [1.29, 1.82) is 0 Å². The number of carbonyl (C=O) groups is 1. The van der Waals surface area contributed by atoms with Gasteiger partial charge in [0.15, 0.2) is 14.6 Å². The topological polar surface area (TPSA) is 75.3 Å². The fourth-order valence-electron chi connectivity index (χ4n) is 3.00. The lowest BCUT2D eigenvalue weighted by atomic mass is 9.95. The SMILES string of the molecule is CC1(CNC(=O)C2(S(C)(=O)=O)CCNCC2)CCCS1. The minimum absolute atomic E-state index is 0.0568. The third kappa shape index (κ3) is 3.14. The molecule has 1 amide bonds. The largest absolute Gasteiger partial charge is 0.353 e.